The van der Waals surface area contributed by atoms with Gasteiger partial charge in [-0.3, -0.25) is 0 Å². The average Bonchev–Trinajstić information content (AvgIpc) is 2.24. The second kappa shape index (κ2) is 5.86. The van der Waals surface area contributed by atoms with Gasteiger partial charge in [-0.2, -0.15) is 13.2 Å². The molecule has 0 radical (unpaired) electrons. The topological polar surface area (TPSA) is 18.5 Å². The summed E-state index contributed by atoms with van der Waals surface area (Å²) in [6.07, 6.45) is -3.85. The smallest absolute Gasteiger partial charge is 0.359 e. The molecule has 0 atom stereocenters. The summed E-state index contributed by atoms with van der Waals surface area (Å²) in [7, 11) is 1.49. The van der Waals surface area contributed by atoms with Crippen LogP contribution >= 0.6 is 0 Å². The molecular formula is C11H13F3O2. The molecule has 0 amide bonds. The molecule has 1 aromatic carbocycles. The molecule has 5 heteroatoms. The molecule has 0 N–H and O–H groups in total. The van der Waals surface area contributed by atoms with Crippen LogP contribution in [0.2, 0.25) is 0 Å². The molecule has 0 fully saturated rings. The fourth-order valence-electron chi connectivity index (χ4n) is 1.24. The summed E-state index contributed by atoms with van der Waals surface area (Å²) < 4.78 is 46.7. The SMILES string of the molecule is COCOCCc1cccc(C(F)(F)F)c1. The fourth-order valence-corrected chi connectivity index (χ4v) is 1.24. The highest BCUT2D eigenvalue weighted by molar-refractivity contribution is 5.25. The van der Waals surface area contributed by atoms with Gasteiger partial charge in [-0.05, 0) is 18.1 Å². The van der Waals surface area contributed by atoms with Crippen LogP contribution in [0.1, 0.15) is 11.1 Å². The van der Waals surface area contributed by atoms with Gasteiger partial charge < -0.3 is 9.47 Å². The number of methoxy groups -OCH3 is 1. The Hall–Kier alpha value is -1.07. The molecule has 0 aliphatic carbocycles. The summed E-state index contributed by atoms with van der Waals surface area (Å²) in [5.41, 5.74) is -0.0253. The van der Waals surface area contributed by atoms with Gasteiger partial charge in [0.2, 0.25) is 0 Å². The Kier molecular flexibility index (Phi) is 4.76. The third kappa shape index (κ3) is 4.20. The van der Waals surface area contributed by atoms with Gasteiger partial charge in [0.05, 0.1) is 12.2 Å². The van der Waals surface area contributed by atoms with E-state index < -0.39 is 11.7 Å². The van der Waals surface area contributed by atoms with Crippen LogP contribution in [0.15, 0.2) is 24.3 Å². The fraction of sp³-hybridized carbons (Fsp3) is 0.455. The highest BCUT2D eigenvalue weighted by atomic mass is 19.4. The third-order valence-electron chi connectivity index (χ3n) is 1.99. The van der Waals surface area contributed by atoms with E-state index in [1.165, 1.54) is 13.2 Å². The first-order valence-corrected chi connectivity index (χ1v) is 4.77. The predicted octanol–water partition coefficient (Wildman–Crippen LogP) is 2.87. The van der Waals surface area contributed by atoms with Crippen molar-refractivity contribution < 1.29 is 22.6 Å². The molecule has 0 spiro atoms. The third-order valence-corrected chi connectivity index (χ3v) is 1.99. The van der Waals surface area contributed by atoms with Gasteiger partial charge in [0.25, 0.3) is 0 Å². The summed E-state index contributed by atoms with van der Waals surface area (Å²) in [6.45, 7) is 0.494. The molecule has 2 nitrogen and oxygen atoms in total. The average molecular weight is 234 g/mol. The molecule has 0 saturated heterocycles. The van der Waals surface area contributed by atoms with Crippen molar-refractivity contribution in [2.75, 3.05) is 20.5 Å². The Morgan fingerprint density at radius 3 is 2.62 bits per heavy atom. The van der Waals surface area contributed by atoms with Crippen molar-refractivity contribution >= 4 is 0 Å². The minimum Gasteiger partial charge on any atom is -0.359 e. The van der Waals surface area contributed by atoms with Crippen molar-refractivity contribution in [2.45, 2.75) is 12.6 Å². The lowest BCUT2D eigenvalue weighted by Crippen LogP contribution is -2.06. The van der Waals surface area contributed by atoms with Crippen LogP contribution in [0.5, 0.6) is 0 Å². The summed E-state index contributed by atoms with van der Waals surface area (Å²) in [5, 5.41) is 0. The van der Waals surface area contributed by atoms with E-state index >= 15 is 0 Å². The molecular weight excluding hydrogens is 221 g/mol. The molecule has 0 aliphatic heterocycles. The minimum atomic E-state index is -4.29. The minimum absolute atomic E-state index is 0.152. The van der Waals surface area contributed by atoms with Crippen LogP contribution in [-0.4, -0.2) is 20.5 Å². The number of rotatable bonds is 5. The van der Waals surface area contributed by atoms with Crippen LogP contribution in [0.25, 0.3) is 0 Å². The van der Waals surface area contributed by atoms with Crippen molar-refractivity contribution in [1.29, 1.82) is 0 Å². The number of hydrogen-bond donors (Lipinski definition) is 0. The van der Waals surface area contributed by atoms with E-state index in [-0.39, 0.29) is 6.79 Å². The van der Waals surface area contributed by atoms with Crippen molar-refractivity contribution in [3.63, 3.8) is 0 Å². The van der Waals surface area contributed by atoms with E-state index in [2.05, 4.69) is 4.74 Å². The van der Waals surface area contributed by atoms with Crippen molar-refractivity contribution in [2.24, 2.45) is 0 Å². The van der Waals surface area contributed by atoms with E-state index in [9.17, 15) is 13.2 Å². The number of alkyl halides is 3. The van der Waals surface area contributed by atoms with Crippen LogP contribution in [0, 0.1) is 0 Å². The van der Waals surface area contributed by atoms with E-state index in [0.717, 1.165) is 12.1 Å². The number of benzene rings is 1. The molecule has 0 aromatic heterocycles. The molecule has 16 heavy (non-hydrogen) atoms. The molecule has 0 saturated carbocycles. The van der Waals surface area contributed by atoms with E-state index in [1.807, 2.05) is 0 Å². The van der Waals surface area contributed by atoms with Crippen LogP contribution in [0.4, 0.5) is 13.2 Å². The molecule has 90 valence electrons. The van der Waals surface area contributed by atoms with Gasteiger partial charge >= 0.3 is 6.18 Å². The molecule has 0 unspecified atom stereocenters. The second-order valence-corrected chi connectivity index (χ2v) is 3.26. The first-order valence-electron chi connectivity index (χ1n) is 4.77. The summed E-state index contributed by atoms with van der Waals surface area (Å²) in [6, 6.07) is 5.23. The highest BCUT2D eigenvalue weighted by Gasteiger charge is 2.30. The number of hydrogen-bond acceptors (Lipinski definition) is 2. The zero-order chi connectivity index (χ0) is 12.0. The quantitative estimate of drug-likeness (QED) is 0.576. The predicted molar refractivity (Wildman–Crippen MR) is 53.0 cm³/mol. The monoisotopic (exact) mass is 234 g/mol. The molecule has 0 aliphatic rings. The maximum absolute atomic E-state index is 12.4. The Morgan fingerprint density at radius 1 is 1.25 bits per heavy atom. The first kappa shape index (κ1) is 13.0. The zero-order valence-electron chi connectivity index (χ0n) is 8.88. The largest absolute Gasteiger partial charge is 0.416 e. The Labute approximate surface area is 92.0 Å². The van der Waals surface area contributed by atoms with Crippen LogP contribution in [0.3, 0.4) is 0 Å². The van der Waals surface area contributed by atoms with Gasteiger partial charge in [-0.25, -0.2) is 0 Å². The lowest BCUT2D eigenvalue weighted by atomic mass is 10.1. The van der Waals surface area contributed by atoms with Gasteiger partial charge in [0, 0.05) is 7.11 Å². The summed E-state index contributed by atoms with van der Waals surface area (Å²) in [4.78, 5) is 0. The Morgan fingerprint density at radius 2 is 2.00 bits per heavy atom. The zero-order valence-corrected chi connectivity index (χ0v) is 8.88. The first-order chi connectivity index (χ1) is 7.54. The Bertz CT molecular complexity index is 323. The van der Waals surface area contributed by atoms with Crippen molar-refractivity contribution in [3.05, 3.63) is 35.4 Å². The lowest BCUT2D eigenvalue weighted by molar-refractivity contribution is -0.137. The lowest BCUT2D eigenvalue weighted by Gasteiger charge is -2.08. The Balaban J connectivity index is 2.54. The van der Waals surface area contributed by atoms with Crippen molar-refractivity contribution in [1.82, 2.24) is 0 Å². The summed E-state index contributed by atoms with van der Waals surface area (Å²) in [5.74, 6) is 0. The maximum Gasteiger partial charge on any atom is 0.416 e. The molecule has 0 bridgehead atoms. The highest BCUT2D eigenvalue weighted by Crippen LogP contribution is 2.29. The van der Waals surface area contributed by atoms with Gasteiger partial charge in [-0.1, -0.05) is 18.2 Å². The maximum atomic E-state index is 12.4. The van der Waals surface area contributed by atoms with E-state index in [0.29, 0.717) is 18.6 Å². The van der Waals surface area contributed by atoms with Gasteiger partial charge in [-0.15, -0.1) is 0 Å². The van der Waals surface area contributed by atoms with E-state index in [4.69, 9.17) is 4.74 Å². The number of halogens is 3. The molecule has 1 aromatic rings. The summed E-state index contributed by atoms with van der Waals surface area (Å²) >= 11 is 0. The van der Waals surface area contributed by atoms with Gasteiger partial charge in [0.1, 0.15) is 6.79 Å². The molecule has 0 heterocycles. The van der Waals surface area contributed by atoms with Gasteiger partial charge in [0.15, 0.2) is 0 Å². The number of ether oxygens (including phenoxy) is 2. The van der Waals surface area contributed by atoms with E-state index in [1.54, 1.807) is 6.07 Å². The van der Waals surface area contributed by atoms with Crippen LogP contribution in [-0.2, 0) is 22.1 Å². The van der Waals surface area contributed by atoms with Crippen LogP contribution < -0.4 is 0 Å². The standard InChI is InChI=1S/C11H13F3O2/c1-15-8-16-6-5-9-3-2-4-10(7-9)11(12,13)14/h2-4,7H,5-6,8H2,1H3. The molecule has 1 rings (SSSR count). The normalized spacial score (nSPS) is 11.8. The second-order valence-electron chi connectivity index (χ2n) is 3.26. The van der Waals surface area contributed by atoms with Crippen molar-refractivity contribution in [3.8, 4) is 0 Å².